The smallest absolute Gasteiger partial charge is 0.190 e. The average molecular weight is 230 g/mol. The van der Waals surface area contributed by atoms with Crippen molar-refractivity contribution in [2.75, 3.05) is 12.4 Å². The van der Waals surface area contributed by atoms with Gasteiger partial charge in [-0.15, -0.1) is 0 Å². The van der Waals surface area contributed by atoms with Gasteiger partial charge in [0.05, 0.1) is 12.4 Å². The highest BCUT2D eigenvalue weighted by atomic mass is 35.5. The van der Waals surface area contributed by atoms with Crippen molar-refractivity contribution in [1.29, 1.82) is 0 Å². The summed E-state index contributed by atoms with van der Waals surface area (Å²) >= 11 is 5.23. The van der Waals surface area contributed by atoms with Crippen molar-refractivity contribution < 1.29 is 17.9 Å². The summed E-state index contributed by atoms with van der Waals surface area (Å²) in [5, 5.41) is 0. The average Bonchev–Trinajstić information content (AvgIpc) is 2.01. The van der Waals surface area contributed by atoms with Crippen molar-refractivity contribution in [3.05, 3.63) is 0 Å². The van der Waals surface area contributed by atoms with Crippen LogP contribution in [0.2, 0.25) is 0 Å². The van der Waals surface area contributed by atoms with Crippen molar-refractivity contribution in [2.24, 2.45) is 5.73 Å². The number of nitrogens with two attached hydrogens (primary N) is 1. The lowest BCUT2D eigenvalue weighted by Crippen LogP contribution is -2.27. The summed E-state index contributed by atoms with van der Waals surface area (Å²) in [7, 11) is -3.59. The Morgan fingerprint density at radius 2 is 2.15 bits per heavy atom. The summed E-state index contributed by atoms with van der Waals surface area (Å²) in [5.41, 5.74) is 5.21. The molecular formula is C6H12ClNO4S. The zero-order valence-corrected chi connectivity index (χ0v) is 8.72. The van der Waals surface area contributed by atoms with Crippen LogP contribution in [0.3, 0.4) is 0 Å². The molecule has 0 aliphatic heterocycles. The highest BCUT2D eigenvalue weighted by Crippen LogP contribution is 2.04. The predicted molar refractivity (Wildman–Crippen MR) is 49.1 cm³/mol. The highest BCUT2D eigenvalue weighted by Gasteiger charge is 2.21. The van der Waals surface area contributed by atoms with Gasteiger partial charge in [0.15, 0.2) is 20.8 Å². The first-order valence-electron chi connectivity index (χ1n) is 3.58. The molecule has 0 saturated heterocycles. The van der Waals surface area contributed by atoms with E-state index in [9.17, 15) is 13.2 Å². The molecule has 0 amide bonds. The Morgan fingerprint density at radius 1 is 1.62 bits per heavy atom. The molecule has 2 atom stereocenters. The minimum absolute atomic E-state index is 0.0585. The van der Waals surface area contributed by atoms with Crippen LogP contribution in [0.4, 0.5) is 0 Å². The first-order valence-corrected chi connectivity index (χ1v) is 5.73. The number of ether oxygens (including phenoxy) is 1. The van der Waals surface area contributed by atoms with E-state index in [1.807, 2.05) is 0 Å². The minimum Gasteiger partial charge on any atom is -0.363 e. The summed E-state index contributed by atoms with van der Waals surface area (Å²) in [5.74, 6) is -0.304. The van der Waals surface area contributed by atoms with Gasteiger partial charge < -0.3 is 15.3 Å². The molecule has 0 aliphatic rings. The van der Waals surface area contributed by atoms with Crippen LogP contribution in [0.5, 0.6) is 0 Å². The van der Waals surface area contributed by atoms with E-state index in [-0.39, 0.29) is 18.6 Å². The van der Waals surface area contributed by atoms with Crippen LogP contribution in [0, 0.1) is 0 Å². The van der Waals surface area contributed by atoms with Gasteiger partial charge in [0.1, 0.15) is 6.23 Å². The lowest BCUT2D eigenvalue weighted by atomic mass is 10.7. The Morgan fingerprint density at radius 3 is 2.54 bits per heavy atom. The zero-order valence-electron chi connectivity index (χ0n) is 7.14. The van der Waals surface area contributed by atoms with Crippen LogP contribution in [0.1, 0.15) is 6.92 Å². The largest absolute Gasteiger partial charge is 0.363 e. The summed E-state index contributed by atoms with van der Waals surface area (Å²) < 4.78 is 25.4. The number of rotatable bonds is 6. The van der Waals surface area contributed by atoms with Crippen molar-refractivity contribution in [2.45, 2.75) is 17.9 Å². The van der Waals surface area contributed by atoms with E-state index in [0.29, 0.717) is 0 Å². The molecule has 0 aliphatic carbocycles. The van der Waals surface area contributed by atoms with Crippen LogP contribution >= 0.6 is 11.6 Å². The van der Waals surface area contributed by atoms with E-state index in [2.05, 4.69) is 0 Å². The third-order valence-corrected chi connectivity index (χ3v) is 3.65. The lowest BCUT2D eigenvalue weighted by molar-refractivity contribution is -0.106. The normalized spacial score (nSPS) is 16.5. The number of halogens is 1. The molecule has 0 aromatic carbocycles. The summed E-state index contributed by atoms with van der Waals surface area (Å²) in [6, 6.07) is 0. The maximum Gasteiger partial charge on any atom is 0.190 e. The first kappa shape index (κ1) is 12.8. The van der Waals surface area contributed by atoms with Crippen LogP contribution in [0.15, 0.2) is 0 Å². The summed E-state index contributed by atoms with van der Waals surface area (Å²) in [6.07, 6.45) is -0.358. The predicted octanol–water partition coefficient (Wildman–Crippen LogP) is -0.514. The van der Waals surface area contributed by atoms with Crippen molar-refractivity contribution in [3.63, 3.8) is 0 Å². The van der Waals surface area contributed by atoms with E-state index in [0.717, 1.165) is 0 Å². The zero-order chi connectivity index (χ0) is 10.5. The fourth-order valence-electron chi connectivity index (χ4n) is 0.547. The van der Waals surface area contributed by atoms with Crippen molar-refractivity contribution in [1.82, 2.24) is 0 Å². The Labute approximate surface area is 82.1 Å². The molecule has 13 heavy (non-hydrogen) atoms. The second-order valence-electron chi connectivity index (χ2n) is 2.43. The van der Waals surface area contributed by atoms with Gasteiger partial charge in [-0.3, -0.25) is 0 Å². The van der Waals surface area contributed by atoms with Gasteiger partial charge >= 0.3 is 0 Å². The fraction of sp³-hybridized carbons (Fsp3) is 0.833. The van der Waals surface area contributed by atoms with E-state index in [1.165, 1.54) is 0 Å². The number of carbonyl (C=O) groups excluding carboxylic acids is 1. The topological polar surface area (TPSA) is 86.5 Å². The third-order valence-electron chi connectivity index (χ3n) is 1.20. The number of sulfone groups is 1. The standard InChI is InChI=1S/C6H12ClNO4S/c1-5(8)12-2-3-13(10,11)6(7)4-9/h4-6H,2-3,8H2,1H3. The first-order chi connectivity index (χ1) is 5.90. The molecule has 0 fully saturated rings. The molecular weight excluding hydrogens is 218 g/mol. The molecule has 2 N–H and O–H groups in total. The maximum absolute atomic E-state index is 11.1. The molecule has 7 heteroatoms. The quantitative estimate of drug-likeness (QED) is 0.377. The number of aldehydes is 1. The monoisotopic (exact) mass is 229 g/mol. The highest BCUT2D eigenvalue weighted by molar-refractivity contribution is 7.93. The van der Waals surface area contributed by atoms with Crippen LogP contribution < -0.4 is 5.73 Å². The second kappa shape index (κ2) is 5.54. The van der Waals surface area contributed by atoms with E-state index >= 15 is 0 Å². The molecule has 0 aromatic heterocycles. The summed E-state index contributed by atoms with van der Waals surface area (Å²) in [6.45, 7) is 1.52. The van der Waals surface area contributed by atoms with E-state index < -0.39 is 20.8 Å². The molecule has 0 radical (unpaired) electrons. The molecule has 0 saturated carbocycles. The molecule has 0 rings (SSSR count). The number of carbonyl (C=O) groups is 1. The van der Waals surface area contributed by atoms with E-state index in [1.54, 1.807) is 6.92 Å². The Kier molecular flexibility index (Phi) is 5.46. The maximum atomic E-state index is 11.1. The van der Waals surface area contributed by atoms with Crippen molar-refractivity contribution >= 4 is 27.7 Å². The number of alkyl halides is 1. The minimum atomic E-state index is -3.59. The molecule has 0 heterocycles. The number of hydrogen-bond donors (Lipinski definition) is 1. The van der Waals surface area contributed by atoms with Gasteiger partial charge in [-0.1, -0.05) is 11.6 Å². The second-order valence-corrected chi connectivity index (χ2v) is 5.40. The van der Waals surface area contributed by atoms with Gasteiger partial charge in [0.25, 0.3) is 0 Å². The molecule has 78 valence electrons. The van der Waals surface area contributed by atoms with Crippen LogP contribution in [-0.4, -0.2) is 38.0 Å². The van der Waals surface area contributed by atoms with Gasteiger partial charge in [-0.25, -0.2) is 8.42 Å². The third kappa shape index (κ3) is 5.20. The van der Waals surface area contributed by atoms with E-state index in [4.69, 9.17) is 22.1 Å². The van der Waals surface area contributed by atoms with Crippen LogP contribution in [-0.2, 0) is 19.4 Å². The summed E-state index contributed by atoms with van der Waals surface area (Å²) in [4.78, 5) is 10.1. The molecule has 0 bridgehead atoms. The fourth-order valence-corrected chi connectivity index (χ4v) is 1.54. The van der Waals surface area contributed by atoms with Gasteiger partial charge in [-0.2, -0.15) is 0 Å². The van der Waals surface area contributed by atoms with Gasteiger partial charge in [0, 0.05) is 0 Å². The molecule has 0 spiro atoms. The molecule has 2 unspecified atom stereocenters. The SMILES string of the molecule is CC(N)OCCS(=O)(=O)C(Cl)C=O. The van der Waals surface area contributed by atoms with Gasteiger partial charge in [0.2, 0.25) is 0 Å². The van der Waals surface area contributed by atoms with Gasteiger partial charge in [-0.05, 0) is 6.92 Å². The Hall–Kier alpha value is -0.170. The van der Waals surface area contributed by atoms with Crippen LogP contribution in [0.25, 0.3) is 0 Å². The molecule has 5 nitrogen and oxygen atoms in total. The lowest BCUT2D eigenvalue weighted by Gasteiger charge is -2.08. The number of hydrogen-bond acceptors (Lipinski definition) is 5. The Balaban J connectivity index is 3.98. The molecule has 0 aromatic rings. The Bertz CT molecular complexity index is 251. The van der Waals surface area contributed by atoms with Crippen molar-refractivity contribution in [3.8, 4) is 0 Å².